The first-order chi connectivity index (χ1) is 11.2. The van der Waals surface area contributed by atoms with Crippen LogP contribution in [0.1, 0.15) is 15.9 Å². The molecule has 1 aromatic heterocycles. The predicted octanol–water partition coefficient (Wildman–Crippen LogP) is 2.89. The van der Waals surface area contributed by atoms with E-state index in [1.807, 2.05) is 30.5 Å². The number of benzene rings is 2. The van der Waals surface area contributed by atoms with Gasteiger partial charge in [0.2, 0.25) is 0 Å². The molecule has 1 heterocycles. The second kappa shape index (κ2) is 6.44. The molecule has 3 rings (SSSR count). The topological polar surface area (TPSA) is 77.2 Å². The number of carbonyl (C=O) groups is 1. The van der Waals surface area contributed by atoms with E-state index in [0.717, 1.165) is 22.2 Å². The first kappa shape index (κ1) is 15.0. The number of hydrogen-bond acceptors (Lipinski definition) is 3. The fraction of sp³-hybridized carbons (Fsp3) is 0.167. The Morgan fingerprint density at radius 1 is 1.22 bits per heavy atom. The number of amides is 1. The van der Waals surface area contributed by atoms with Crippen LogP contribution < -0.4 is 10.6 Å². The van der Waals surface area contributed by atoms with Gasteiger partial charge >= 0.3 is 0 Å². The zero-order valence-corrected chi connectivity index (χ0v) is 12.9. The second-order valence-corrected chi connectivity index (χ2v) is 5.35. The standard InChI is InChI=1S/C18H19N3O2/c1-19-16-5-3-2-4-14(16)18(23)20-9-8-12-11-21-17-7-6-13(22)10-15(12)17/h2-7,10-11,19,21-22H,8-9H2,1H3,(H,20,23). The molecule has 118 valence electrons. The lowest BCUT2D eigenvalue weighted by Crippen LogP contribution is -2.26. The van der Waals surface area contributed by atoms with Gasteiger partial charge in [0.25, 0.3) is 5.91 Å². The van der Waals surface area contributed by atoms with E-state index >= 15 is 0 Å². The average molecular weight is 309 g/mol. The van der Waals surface area contributed by atoms with Crippen LogP contribution in [0.5, 0.6) is 5.75 Å². The van der Waals surface area contributed by atoms with E-state index in [9.17, 15) is 9.90 Å². The van der Waals surface area contributed by atoms with Crippen LogP contribution in [0.2, 0.25) is 0 Å². The quantitative estimate of drug-likeness (QED) is 0.585. The van der Waals surface area contributed by atoms with E-state index in [0.29, 0.717) is 18.5 Å². The van der Waals surface area contributed by atoms with Gasteiger partial charge < -0.3 is 20.7 Å². The molecule has 0 aliphatic heterocycles. The molecule has 0 aliphatic carbocycles. The zero-order chi connectivity index (χ0) is 16.2. The van der Waals surface area contributed by atoms with E-state index in [2.05, 4.69) is 15.6 Å². The van der Waals surface area contributed by atoms with Crippen LogP contribution in [0.4, 0.5) is 5.69 Å². The molecule has 0 unspecified atom stereocenters. The van der Waals surface area contributed by atoms with Gasteiger partial charge in [0.1, 0.15) is 5.75 Å². The van der Waals surface area contributed by atoms with Gasteiger partial charge in [0, 0.05) is 36.4 Å². The number of aromatic hydroxyl groups is 1. The van der Waals surface area contributed by atoms with Gasteiger partial charge in [-0.3, -0.25) is 4.79 Å². The van der Waals surface area contributed by atoms with Crippen molar-refractivity contribution in [3.63, 3.8) is 0 Å². The molecule has 0 radical (unpaired) electrons. The summed E-state index contributed by atoms with van der Waals surface area (Å²) >= 11 is 0. The third kappa shape index (κ3) is 3.13. The molecule has 3 aromatic rings. The van der Waals surface area contributed by atoms with Crippen LogP contribution in [-0.2, 0) is 6.42 Å². The normalized spacial score (nSPS) is 10.7. The van der Waals surface area contributed by atoms with Crippen LogP contribution in [0.25, 0.3) is 10.9 Å². The smallest absolute Gasteiger partial charge is 0.253 e. The summed E-state index contributed by atoms with van der Waals surface area (Å²) < 4.78 is 0. The fourth-order valence-corrected chi connectivity index (χ4v) is 2.68. The molecular weight excluding hydrogens is 290 g/mol. The third-order valence-corrected chi connectivity index (χ3v) is 3.87. The first-order valence-corrected chi connectivity index (χ1v) is 7.53. The van der Waals surface area contributed by atoms with E-state index in [1.165, 1.54) is 0 Å². The summed E-state index contributed by atoms with van der Waals surface area (Å²) in [6, 6.07) is 12.6. The van der Waals surface area contributed by atoms with Crippen molar-refractivity contribution in [1.82, 2.24) is 10.3 Å². The molecule has 2 aromatic carbocycles. The van der Waals surface area contributed by atoms with Crippen LogP contribution >= 0.6 is 0 Å². The number of aromatic nitrogens is 1. The number of carbonyl (C=O) groups excluding carboxylic acids is 1. The highest BCUT2D eigenvalue weighted by molar-refractivity contribution is 5.99. The Bertz CT molecular complexity index is 839. The maximum Gasteiger partial charge on any atom is 0.253 e. The lowest BCUT2D eigenvalue weighted by Gasteiger charge is -2.09. The molecule has 5 heteroatoms. The number of nitrogens with one attached hydrogen (secondary N) is 3. The maximum atomic E-state index is 12.3. The van der Waals surface area contributed by atoms with Crippen molar-refractivity contribution in [2.24, 2.45) is 0 Å². The van der Waals surface area contributed by atoms with Gasteiger partial charge in [-0.15, -0.1) is 0 Å². The van der Waals surface area contributed by atoms with Crippen molar-refractivity contribution in [1.29, 1.82) is 0 Å². The Labute approximate surface area is 134 Å². The van der Waals surface area contributed by atoms with Crippen molar-refractivity contribution in [2.45, 2.75) is 6.42 Å². The van der Waals surface area contributed by atoms with E-state index < -0.39 is 0 Å². The van der Waals surface area contributed by atoms with Crippen LogP contribution in [0.3, 0.4) is 0 Å². The minimum atomic E-state index is -0.0994. The summed E-state index contributed by atoms with van der Waals surface area (Å²) in [7, 11) is 1.80. The van der Waals surface area contributed by atoms with Crippen LogP contribution in [0, 0.1) is 0 Å². The summed E-state index contributed by atoms with van der Waals surface area (Å²) in [4.78, 5) is 15.4. The van der Waals surface area contributed by atoms with Gasteiger partial charge in [-0.2, -0.15) is 0 Å². The molecule has 1 amide bonds. The van der Waals surface area contributed by atoms with Gasteiger partial charge in [-0.05, 0) is 42.3 Å². The molecule has 0 saturated carbocycles. The number of anilines is 1. The SMILES string of the molecule is CNc1ccccc1C(=O)NCCc1c[nH]c2ccc(O)cc12. The van der Waals surface area contributed by atoms with Crippen molar-refractivity contribution in [3.05, 3.63) is 59.8 Å². The highest BCUT2D eigenvalue weighted by Gasteiger charge is 2.10. The second-order valence-electron chi connectivity index (χ2n) is 5.35. The van der Waals surface area contributed by atoms with Gasteiger partial charge in [-0.1, -0.05) is 12.1 Å². The number of phenolic OH excluding ortho intramolecular Hbond substituents is 1. The Balaban J connectivity index is 1.66. The Kier molecular flexibility index (Phi) is 4.19. The molecular formula is C18H19N3O2. The van der Waals surface area contributed by atoms with E-state index in [4.69, 9.17) is 0 Å². The average Bonchev–Trinajstić information content (AvgIpc) is 2.97. The minimum Gasteiger partial charge on any atom is -0.508 e. The first-order valence-electron chi connectivity index (χ1n) is 7.53. The monoisotopic (exact) mass is 309 g/mol. The molecule has 5 nitrogen and oxygen atoms in total. The molecule has 0 atom stereocenters. The van der Waals surface area contributed by atoms with Gasteiger partial charge in [0.05, 0.1) is 5.56 Å². The third-order valence-electron chi connectivity index (χ3n) is 3.87. The number of H-pyrrole nitrogens is 1. The lowest BCUT2D eigenvalue weighted by molar-refractivity contribution is 0.0955. The summed E-state index contributed by atoms with van der Waals surface area (Å²) in [5.41, 5.74) is 3.48. The molecule has 0 fully saturated rings. The van der Waals surface area contributed by atoms with Gasteiger partial charge in [0.15, 0.2) is 0 Å². The largest absolute Gasteiger partial charge is 0.508 e. The number of fused-ring (bicyclic) bond motifs is 1. The highest BCUT2D eigenvalue weighted by atomic mass is 16.3. The highest BCUT2D eigenvalue weighted by Crippen LogP contribution is 2.23. The number of rotatable bonds is 5. The molecule has 23 heavy (non-hydrogen) atoms. The molecule has 4 N–H and O–H groups in total. The van der Waals surface area contributed by atoms with Crippen LogP contribution in [-0.4, -0.2) is 29.6 Å². The molecule has 0 bridgehead atoms. The van der Waals surface area contributed by atoms with Gasteiger partial charge in [-0.25, -0.2) is 0 Å². The lowest BCUT2D eigenvalue weighted by atomic mass is 10.1. The van der Waals surface area contributed by atoms with Crippen molar-refractivity contribution in [2.75, 3.05) is 18.9 Å². The van der Waals surface area contributed by atoms with E-state index in [1.54, 1.807) is 25.2 Å². The summed E-state index contributed by atoms with van der Waals surface area (Å²) in [6.45, 7) is 0.527. The maximum absolute atomic E-state index is 12.3. The van der Waals surface area contributed by atoms with E-state index in [-0.39, 0.29) is 11.7 Å². The number of aromatic amines is 1. The number of para-hydroxylation sites is 1. The van der Waals surface area contributed by atoms with Crippen LogP contribution in [0.15, 0.2) is 48.7 Å². The Morgan fingerprint density at radius 3 is 2.87 bits per heavy atom. The number of phenols is 1. The summed E-state index contributed by atoms with van der Waals surface area (Å²) in [5.74, 6) is 0.142. The zero-order valence-electron chi connectivity index (χ0n) is 12.9. The molecule has 0 spiro atoms. The van der Waals surface area contributed by atoms with Crippen molar-refractivity contribution in [3.8, 4) is 5.75 Å². The molecule has 0 saturated heterocycles. The van der Waals surface area contributed by atoms with Crippen molar-refractivity contribution < 1.29 is 9.90 Å². The predicted molar refractivity (Wildman–Crippen MR) is 92.0 cm³/mol. The Hall–Kier alpha value is -2.95. The summed E-state index contributed by atoms with van der Waals surface area (Å²) in [5, 5.41) is 16.5. The fourth-order valence-electron chi connectivity index (χ4n) is 2.68. The number of hydrogen-bond donors (Lipinski definition) is 4. The van der Waals surface area contributed by atoms with Crippen molar-refractivity contribution >= 4 is 22.5 Å². The minimum absolute atomic E-state index is 0.0994. The molecule has 0 aliphatic rings. The Morgan fingerprint density at radius 2 is 2.04 bits per heavy atom. The summed E-state index contributed by atoms with van der Waals surface area (Å²) in [6.07, 6.45) is 2.61.